The number of benzene rings is 1. The van der Waals surface area contributed by atoms with E-state index in [9.17, 15) is 4.79 Å². The van der Waals surface area contributed by atoms with E-state index in [1.54, 1.807) is 6.07 Å². The van der Waals surface area contributed by atoms with Crippen LogP contribution in [-0.4, -0.2) is 27.3 Å². The molecule has 0 saturated heterocycles. The van der Waals surface area contributed by atoms with Crippen molar-refractivity contribution in [2.75, 3.05) is 21.3 Å². The summed E-state index contributed by atoms with van der Waals surface area (Å²) in [7, 11) is 4.24. The molecule has 0 bridgehead atoms. The highest BCUT2D eigenvalue weighted by molar-refractivity contribution is 5.90. The Kier molecular flexibility index (Phi) is 4.35. The minimum Gasteiger partial charge on any atom is -0.493 e. The molecule has 0 N–H and O–H groups in total. The van der Waals surface area contributed by atoms with Gasteiger partial charge in [-0.2, -0.15) is 5.26 Å². The average Bonchev–Trinajstić information content (AvgIpc) is 2.37. The lowest BCUT2D eigenvalue weighted by atomic mass is 10.1. The van der Waals surface area contributed by atoms with Crippen molar-refractivity contribution in [3.63, 3.8) is 0 Å². The van der Waals surface area contributed by atoms with Crippen LogP contribution in [0.1, 0.15) is 15.9 Å². The van der Waals surface area contributed by atoms with Crippen molar-refractivity contribution < 1.29 is 19.0 Å². The Bertz CT molecular complexity index is 462. The van der Waals surface area contributed by atoms with E-state index < -0.39 is 5.97 Å². The number of nitriles is 1. The fraction of sp³-hybridized carbons (Fsp3) is 0.333. The summed E-state index contributed by atoms with van der Waals surface area (Å²) in [4.78, 5) is 11.4. The van der Waals surface area contributed by atoms with Crippen LogP contribution in [0.2, 0.25) is 0 Å². The number of hydrogen-bond acceptors (Lipinski definition) is 5. The third-order valence-electron chi connectivity index (χ3n) is 2.25. The lowest BCUT2D eigenvalue weighted by Crippen LogP contribution is -2.04. The van der Waals surface area contributed by atoms with E-state index in [1.807, 2.05) is 6.07 Å². The molecular formula is C12H13NO4. The monoisotopic (exact) mass is 235 g/mol. The Morgan fingerprint density at radius 3 is 2.47 bits per heavy atom. The fourth-order valence-electron chi connectivity index (χ4n) is 1.50. The van der Waals surface area contributed by atoms with Crippen LogP contribution in [0.25, 0.3) is 0 Å². The van der Waals surface area contributed by atoms with Crippen LogP contribution in [0.4, 0.5) is 0 Å². The van der Waals surface area contributed by atoms with Gasteiger partial charge in [0.25, 0.3) is 0 Å². The Labute approximate surface area is 99.5 Å². The number of ether oxygens (including phenoxy) is 3. The van der Waals surface area contributed by atoms with Crippen molar-refractivity contribution in [2.24, 2.45) is 0 Å². The predicted molar refractivity (Wildman–Crippen MR) is 60.2 cm³/mol. The molecule has 0 atom stereocenters. The molecule has 0 saturated carbocycles. The Balaban J connectivity index is 3.35. The van der Waals surface area contributed by atoms with Gasteiger partial charge in [0, 0.05) is 5.56 Å². The molecule has 0 aliphatic carbocycles. The first-order valence-electron chi connectivity index (χ1n) is 4.88. The second-order valence-electron chi connectivity index (χ2n) is 3.20. The lowest BCUT2D eigenvalue weighted by molar-refractivity contribution is 0.0600. The molecule has 0 aliphatic heterocycles. The van der Waals surface area contributed by atoms with Crippen LogP contribution in [0.15, 0.2) is 12.1 Å². The Morgan fingerprint density at radius 2 is 2.00 bits per heavy atom. The third-order valence-corrected chi connectivity index (χ3v) is 2.25. The molecule has 17 heavy (non-hydrogen) atoms. The first-order chi connectivity index (χ1) is 8.17. The van der Waals surface area contributed by atoms with Gasteiger partial charge in [-0.15, -0.1) is 0 Å². The molecule has 0 unspecified atom stereocenters. The van der Waals surface area contributed by atoms with Gasteiger partial charge in [-0.05, 0) is 12.1 Å². The minimum absolute atomic E-state index is 0.129. The molecule has 1 aromatic rings. The summed E-state index contributed by atoms with van der Waals surface area (Å²) in [6.07, 6.45) is 0.129. The van der Waals surface area contributed by atoms with Gasteiger partial charge in [0.2, 0.25) is 0 Å². The summed E-state index contributed by atoms with van der Waals surface area (Å²) in [5, 5.41) is 8.73. The third kappa shape index (κ3) is 2.67. The molecule has 0 spiro atoms. The highest BCUT2D eigenvalue weighted by Gasteiger charge is 2.16. The van der Waals surface area contributed by atoms with E-state index in [0.717, 1.165) is 0 Å². The van der Waals surface area contributed by atoms with Crippen molar-refractivity contribution in [1.82, 2.24) is 0 Å². The summed E-state index contributed by atoms with van der Waals surface area (Å²) < 4.78 is 14.9. The van der Waals surface area contributed by atoms with E-state index in [1.165, 1.54) is 27.4 Å². The topological polar surface area (TPSA) is 68.6 Å². The van der Waals surface area contributed by atoms with Crippen LogP contribution in [0.3, 0.4) is 0 Å². The van der Waals surface area contributed by atoms with Crippen molar-refractivity contribution in [2.45, 2.75) is 6.42 Å². The van der Waals surface area contributed by atoms with Gasteiger partial charge in [0.1, 0.15) is 0 Å². The summed E-state index contributed by atoms with van der Waals surface area (Å²) in [6.45, 7) is 0. The van der Waals surface area contributed by atoms with Gasteiger partial charge in [-0.3, -0.25) is 0 Å². The quantitative estimate of drug-likeness (QED) is 0.741. The number of carbonyl (C=O) groups is 1. The summed E-state index contributed by atoms with van der Waals surface area (Å²) in [5.74, 6) is 0.382. The van der Waals surface area contributed by atoms with Crippen LogP contribution >= 0.6 is 0 Å². The molecule has 1 aromatic carbocycles. The van der Waals surface area contributed by atoms with Gasteiger partial charge in [-0.1, -0.05) is 0 Å². The highest BCUT2D eigenvalue weighted by Crippen LogP contribution is 2.33. The van der Waals surface area contributed by atoms with Crippen LogP contribution in [-0.2, 0) is 11.2 Å². The second-order valence-corrected chi connectivity index (χ2v) is 3.20. The molecular weight excluding hydrogens is 222 g/mol. The number of methoxy groups -OCH3 is 3. The van der Waals surface area contributed by atoms with Gasteiger partial charge in [-0.25, -0.2) is 4.79 Å². The van der Waals surface area contributed by atoms with Gasteiger partial charge >= 0.3 is 5.97 Å². The maximum absolute atomic E-state index is 11.4. The largest absolute Gasteiger partial charge is 0.493 e. The van der Waals surface area contributed by atoms with E-state index in [0.29, 0.717) is 22.6 Å². The molecule has 5 heteroatoms. The highest BCUT2D eigenvalue weighted by atomic mass is 16.5. The lowest BCUT2D eigenvalue weighted by Gasteiger charge is -2.12. The normalized spacial score (nSPS) is 9.29. The first kappa shape index (κ1) is 12.8. The average molecular weight is 235 g/mol. The van der Waals surface area contributed by atoms with E-state index >= 15 is 0 Å². The Hall–Kier alpha value is -2.22. The van der Waals surface area contributed by atoms with Crippen molar-refractivity contribution >= 4 is 5.97 Å². The zero-order valence-electron chi connectivity index (χ0n) is 9.94. The van der Waals surface area contributed by atoms with E-state index in [-0.39, 0.29) is 6.42 Å². The maximum Gasteiger partial charge on any atom is 0.337 e. The molecule has 0 heterocycles. The molecule has 0 aromatic heterocycles. The fourth-order valence-corrected chi connectivity index (χ4v) is 1.50. The number of esters is 1. The molecule has 0 radical (unpaired) electrons. The second kappa shape index (κ2) is 5.75. The van der Waals surface area contributed by atoms with E-state index in [4.69, 9.17) is 14.7 Å². The zero-order valence-corrected chi connectivity index (χ0v) is 9.94. The zero-order chi connectivity index (χ0) is 12.8. The molecule has 1 rings (SSSR count). The molecule has 0 fully saturated rings. The number of nitrogens with zero attached hydrogens (tertiary/aromatic N) is 1. The molecule has 90 valence electrons. The van der Waals surface area contributed by atoms with Crippen molar-refractivity contribution in [3.05, 3.63) is 23.3 Å². The molecule has 0 amide bonds. The number of hydrogen-bond donors (Lipinski definition) is 0. The predicted octanol–water partition coefficient (Wildman–Crippen LogP) is 1.56. The van der Waals surface area contributed by atoms with Crippen LogP contribution < -0.4 is 9.47 Å². The smallest absolute Gasteiger partial charge is 0.337 e. The van der Waals surface area contributed by atoms with Gasteiger partial charge < -0.3 is 14.2 Å². The van der Waals surface area contributed by atoms with Gasteiger partial charge in [0.15, 0.2) is 11.5 Å². The molecule has 5 nitrogen and oxygen atoms in total. The van der Waals surface area contributed by atoms with Crippen molar-refractivity contribution in [1.29, 1.82) is 5.26 Å². The first-order valence-corrected chi connectivity index (χ1v) is 4.88. The SMILES string of the molecule is COC(=O)c1cc(CC#N)c(OC)c(OC)c1. The van der Waals surface area contributed by atoms with Crippen LogP contribution in [0.5, 0.6) is 11.5 Å². The number of rotatable bonds is 4. The van der Waals surface area contributed by atoms with Crippen LogP contribution in [0, 0.1) is 11.3 Å². The Morgan fingerprint density at radius 1 is 1.29 bits per heavy atom. The summed E-state index contributed by atoms with van der Waals surface area (Å²) in [5.41, 5.74) is 0.921. The number of carbonyl (C=O) groups excluding carboxylic acids is 1. The van der Waals surface area contributed by atoms with E-state index in [2.05, 4.69) is 4.74 Å². The molecule has 0 aliphatic rings. The summed E-state index contributed by atoms with van der Waals surface area (Å²) in [6, 6.07) is 5.09. The maximum atomic E-state index is 11.4. The summed E-state index contributed by atoms with van der Waals surface area (Å²) >= 11 is 0. The standard InChI is InChI=1S/C12H13NO4/c1-15-10-7-9(12(14)17-3)6-8(4-5-13)11(10)16-2/h6-7H,4H2,1-3H3. The minimum atomic E-state index is -0.481. The van der Waals surface area contributed by atoms with Crippen molar-refractivity contribution in [3.8, 4) is 17.6 Å². The van der Waals surface area contributed by atoms with Gasteiger partial charge in [0.05, 0.1) is 39.4 Å².